The third kappa shape index (κ3) is 3.62. The van der Waals surface area contributed by atoms with Crippen LogP contribution in [0.15, 0.2) is 53.4 Å². The molecule has 0 fully saturated rings. The quantitative estimate of drug-likeness (QED) is 0.870. The van der Waals surface area contributed by atoms with Crippen LogP contribution < -0.4 is 4.72 Å². The minimum Gasteiger partial charge on any atom is -0.280 e. The number of sulfonamides is 1. The zero-order valence-corrected chi connectivity index (χ0v) is 12.1. The van der Waals surface area contributed by atoms with Crippen LogP contribution in [0.5, 0.6) is 0 Å². The number of hydrogen-bond donors (Lipinski definition) is 1. The molecule has 0 spiro atoms. The summed E-state index contributed by atoms with van der Waals surface area (Å²) in [5, 5.41) is 0.373. The Hall–Kier alpha value is -1.23. The van der Waals surface area contributed by atoms with Crippen molar-refractivity contribution in [3.8, 4) is 0 Å². The van der Waals surface area contributed by atoms with Crippen LogP contribution >= 0.6 is 23.2 Å². The molecule has 0 heterocycles. The minimum absolute atomic E-state index is 0.122. The van der Waals surface area contributed by atoms with Gasteiger partial charge < -0.3 is 0 Å². The van der Waals surface area contributed by atoms with Crippen molar-refractivity contribution in [3.63, 3.8) is 0 Å². The molecule has 19 heavy (non-hydrogen) atoms. The lowest BCUT2D eigenvalue weighted by molar-refractivity contribution is 0.601. The Kier molecular flexibility index (Phi) is 4.34. The van der Waals surface area contributed by atoms with Crippen LogP contribution in [0.4, 0.5) is 5.69 Å². The summed E-state index contributed by atoms with van der Waals surface area (Å²) in [4.78, 5) is 0.122. The topological polar surface area (TPSA) is 46.2 Å². The van der Waals surface area contributed by atoms with Gasteiger partial charge in [0.05, 0.1) is 4.90 Å². The fourth-order valence-corrected chi connectivity index (χ4v) is 3.08. The van der Waals surface area contributed by atoms with E-state index in [2.05, 4.69) is 4.72 Å². The van der Waals surface area contributed by atoms with Gasteiger partial charge in [0.15, 0.2) is 0 Å². The number of anilines is 1. The highest BCUT2D eigenvalue weighted by atomic mass is 35.5. The second-order valence-electron chi connectivity index (χ2n) is 3.90. The normalized spacial score (nSPS) is 11.3. The van der Waals surface area contributed by atoms with Crippen LogP contribution in [-0.2, 0) is 15.9 Å². The van der Waals surface area contributed by atoms with Crippen molar-refractivity contribution >= 4 is 38.9 Å². The van der Waals surface area contributed by atoms with E-state index >= 15 is 0 Å². The van der Waals surface area contributed by atoms with Crippen LogP contribution in [0.3, 0.4) is 0 Å². The van der Waals surface area contributed by atoms with Gasteiger partial charge >= 0.3 is 0 Å². The van der Waals surface area contributed by atoms with Crippen LogP contribution in [0.2, 0.25) is 5.02 Å². The van der Waals surface area contributed by atoms with E-state index in [4.69, 9.17) is 23.2 Å². The number of alkyl halides is 1. The standard InChI is InChI=1S/C13H11Cl2NO2S/c14-9-10-3-1-5-12(7-10)16-19(17,18)13-6-2-4-11(15)8-13/h1-8,16H,9H2. The first kappa shape index (κ1) is 14.2. The van der Waals surface area contributed by atoms with Crippen LogP contribution in [0, 0.1) is 0 Å². The van der Waals surface area contributed by atoms with Gasteiger partial charge in [-0.1, -0.05) is 29.8 Å². The molecule has 0 bridgehead atoms. The largest absolute Gasteiger partial charge is 0.280 e. The summed E-state index contributed by atoms with van der Waals surface area (Å²) in [5.41, 5.74) is 1.31. The molecule has 0 aliphatic heterocycles. The van der Waals surface area contributed by atoms with Gasteiger partial charge in [0.25, 0.3) is 10.0 Å². The molecule has 2 aromatic rings. The van der Waals surface area contributed by atoms with E-state index in [-0.39, 0.29) is 4.90 Å². The lowest BCUT2D eigenvalue weighted by Gasteiger charge is -2.09. The van der Waals surface area contributed by atoms with Gasteiger partial charge in [-0.15, -0.1) is 11.6 Å². The highest BCUT2D eigenvalue weighted by molar-refractivity contribution is 7.92. The van der Waals surface area contributed by atoms with Crippen molar-refractivity contribution < 1.29 is 8.42 Å². The third-order valence-electron chi connectivity index (χ3n) is 2.44. The first-order valence-electron chi connectivity index (χ1n) is 5.44. The lowest BCUT2D eigenvalue weighted by atomic mass is 10.2. The maximum absolute atomic E-state index is 12.2. The van der Waals surface area contributed by atoms with Crippen LogP contribution in [-0.4, -0.2) is 8.42 Å². The van der Waals surface area contributed by atoms with Gasteiger partial charge in [-0.2, -0.15) is 0 Å². The molecule has 0 atom stereocenters. The summed E-state index contributed by atoms with van der Waals surface area (Å²) in [6, 6.07) is 13.0. The summed E-state index contributed by atoms with van der Waals surface area (Å²) in [7, 11) is -3.64. The zero-order valence-electron chi connectivity index (χ0n) is 9.81. The first-order valence-corrected chi connectivity index (χ1v) is 7.84. The summed E-state index contributed by atoms with van der Waals surface area (Å²) in [6.07, 6.45) is 0. The summed E-state index contributed by atoms with van der Waals surface area (Å²) < 4.78 is 26.8. The zero-order chi connectivity index (χ0) is 13.9. The number of nitrogens with one attached hydrogen (secondary N) is 1. The van der Waals surface area contributed by atoms with Gasteiger partial charge in [0.2, 0.25) is 0 Å². The monoisotopic (exact) mass is 315 g/mol. The van der Waals surface area contributed by atoms with Crippen molar-refractivity contribution in [1.82, 2.24) is 0 Å². The molecular weight excluding hydrogens is 305 g/mol. The molecule has 0 amide bonds. The lowest BCUT2D eigenvalue weighted by Crippen LogP contribution is -2.12. The average molecular weight is 316 g/mol. The van der Waals surface area contributed by atoms with Gasteiger partial charge in [-0.3, -0.25) is 4.72 Å². The molecule has 0 radical (unpaired) electrons. The molecule has 2 rings (SSSR count). The molecule has 100 valence electrons. The number of hydrogen-bond acceptors (Lipinski definition) is 2. The van der Waals surface area contributed by atoms with Crippen molar-refractivity contribution in [2.45, 2.75) is 10.8 Å². The highest BCUT2D eigenvalue weighted by Gasteiger charge is 2.14. The van der Waals surface area contributed by atoms with Gasteiger partial charge in [0.1, 0.15) is 0 Å². The van der Waals surface area contributed by atoms with Gasteiger partial charge in [-0.05, 0) is 35.9 Å². The third-order valence-corrected chi connectivity index (χ3v) is 4.36. The summed E-state index contributed by atoms with van der Waals surface area (Å²) in [5.74, 6) is 0.326. The molecule has 0 aliphatic carbocycles. The fourth-order valence-electron chi connectivity index (χ4n) is 1.57. The van der Waals surface area contributed by atoms with Gasteiger partial charge in [0, 0.05) is 16.6 Å². The van der Waals surface area contributed by atoms with E-state index in [9.17, 15) is 8.42 Å². The number of benzene rings is 2. The molecule has 0 saturated carbocycles. The number of rotatable bonds is 4. The molecule has 1 N–H and O–H groups in total. The Morgan fingerprint density at radius 1 is 1.05 bits per heavy atom. The molecule has 0 unspecified atom stereocenters. The fraction of sp³-hybridized carbons (Fsp3) is 0.0769. The molecule has 6 heteroatoms. The van der Waals surface area contributed by atoms with Crippen molar-refractivity contribution in [1.29, 1.82) is 0 Å². The molecule has 0 aromatic heterocycles. The Morgan fingerprint density at radius 2 is 1.79 bits per heavy atom. The van der Waals surface area contributed by atoms with E-state index in [1.807, 2.05) is 6.07 Å². The smallest absolute Gasteiger partial charge is 0.261 e. The highest BCUT2D eigenvalue weighted by Crippen LogP contribution is 2.20. The second-order valence-corrected chi connectivity index (χ2v) is 6.28. The SMILES string of the molecule is O=S(=O)(Nc1cccc(CCl)c1)c1cccc(Cl)c1. The van der Waals surface area contributed by atoms with Crippen LogP contribution in [0.1, 0.15) is 5.56 Å². The van der Waals surface area contributed by atoms with Crippen LogP contribution in [0.25, 0.3) is 0 Å². The van der Waals surface area contributed by atoms with E-state index in [0.29, 0.717) is 16.6 Å². The van der Waals surface area contributed by atoms with E-state index in [1.54, 1.807) is 30.3 Å². The predicted molar refractivity (Wildman–Crippen MR) is 78.3 cm³/mol. The molecule has 2 aromatic carbocycles. The maximum Gasteiger partial charge on any atom is 0.261 e. The maximum atomic E-state index is 12.2. The second kappa shape index (κ2) is 5.82. The molecule has 0 aliphatic rings. The average Bonchev–Trinajstić information content (AvgIpc) is 2.38. The molecule has 0 saturated heterocycles. The summed E-state index contributed by atoms with van der Waals surface area (Å²) >= 11 is 11.5. The predicted octanol–water partition coefficient (Wildman–Crippen LogP) is 3.88. The van der Waals surface area contributed by atoms with Crippen molar-refractivity contribution in [3.05, 3.63) is 59.1 Å². The molecule has 3 nitrogen and oxygen atoms in total. The van der Waals surface area contributed by atoms with E-state index < -0.39 is 10.0 Å². The van der Waals surface area contributed by atoms with E-state index in [1.165, 1.54) is 12.1 Å². The Bertz CT molecular complexity index is 687. The first-order chi connectivity index (χ1) is 9.01. The number of halogens is 2. The Balaban J connectivity index is 2.31. The summed E-state index contributed by atoms with van der Waals surface area (Å²) in [6.45, 7) is 0. The molecular formula is C13H11Cl2NO2S. The van der Waals surface area contributed by atoms with Crippen molar-refractivity contribution in [2.75, 3.05) is 4.72 Å². The van der Waals surface area contributed by atoms with Crippen molar-refractivity contribution in [2.24, 2.45) is 0 Å². The van der Waals surface area contributed by atoms with E-state index in [0.717, 1.165) is 5.56 Å². The van der Waals surface area contributed by atoms with Gasteiger partial charge in [-0.25, -0.2) is 8.42 Å². The Morgan fingerprint density at radius 3 is 2.47 bits per heavy atom. The minimum atomic E-state index is -3.64. The Labute approximate surface area is 122 Å².